The van der Waals surface area contributed by atoms with Crippen LogP contribution in [0.2, 0.25) is 0 Å². The Morgan fingerprint density at radius 3 is 2.18 bits per heavy atom. The molecule has 1 amide bonds. The maximum atomic E-state index is 12.1. The van der Waals surface area contributed by atoms with Gasteiger partial charge in [0.05, 0.1) is 19.8 Å². The van der Waals surface area contributed by atoms with Gasteiger partial charge in [0.2, 0.25) is 0 Å². The molecule has 0 radical (unpaired) electrons. The number of carbonyl (C=O) groups is 2. The molecule has 0 unspecified atom stereocenters. The molecule has 6 nitrogen and oxygen atoms in total. The van der Waals surface area contributed by atoms with Crippen LogP contribution >= 0.6 is 0 Å². The Morgan fingerprint density at radius 1 is 0.929 bits per heavy atom. The number of esters is 1. The topological polar surface area (TPSA) is 73.9 Å². The maximum absolute atomic E-state index is 12.1. The molecular formula is C22H27NO5. The van der Waals surface area contributed by atoms with Crippen molar-refractivity contribution in [2.24, 2.45) is 5.92 Å². The van der Waals surface area contributed by atoms with Gasteiger partial charge in [-0.25, -0.2) is 4.79 Å². The van der Waals surface area contributed by atoms with Crippen LogP contribution in [0.4, 0.5) is 0 Å². The average molecular weight is 385 g/mol. The third-order valence-electron chi connectivity index (χ3n) is 4.11. The van der Waals surface area contributed by atoms with Gasteiger partial charge in [-0.1, -0.05) is 32.0 Å². The van der Waals surface area contributed by atoms with Crippen LogP contribution in [0, 0.1) is 5.92 Å². The van der Waals surface area contributed by atoms with Crippen molar-refractivity contribution in [3.05, 3.63) is 59.2 Å². The molecule has 0 atom stereocenters. The Morgan fingerprint density at radius 2 is 1.57 bits per heavy atom. The molecule has 0 fully saturated rings. The molecule has 2 aromatic carbocycles. The summed E-state index contributed by atoms with van der Waals surface area (Å²) < 4.78 is 15.5. The molecule has 6 heteroatoms. The van der Waals surface area contributed by atoms with Crippen molar-refractivity contribution in [2.45, 2.75) is 26.8 Å². The van der Waals surface area contributed by atoms with Crippen molar-refractivity contribution >= 4 is 11.9 Å². The lowest BCUT2D eigenvalue weighted by Gasteiger charge is -2.11. The molecule has 0 aliphatic rings. The van der Waals surface area contributed by atoms with Gasteiger partial charge >= 0.3 is 5.97 Å². The highest BCUT2D eigenvalue weighted by molar-refractivity contribution is 5.91. The third kappa shape index (κ3) is 6.30. The molecule has 1 N–H and O–H groups in total. The Bertz CT molecular complexity index is 799. The fraction of sp³-hybridized carbons (Fsp3) is 0.364. The number of benzene rings is 2. The Balaban J connectivity index is 1.81. The smallest absolute Gasteiger partial charge is 0.338 e. The monoisotopic (exact) mass is 385 g/mol. The molecule has 2 aromatic rings. The van der Waals surface area contributed by atoms with Crippen LogP contribution < -0.4 is 14.8 Å². The molecule has 28 heavy (non-hydrogen) atoms. The maximum Gasteiger partial charge on any atom is 0.338 e. The van der Waals surface area contributed by atoms with Gasteiger partial charge in [0.15, 0.2) is 18.1 Å². The van der Waals surface area contributed by atoms with Crippen LogP contribution in [0.1, 0.15) is 35.3 Å². The van der Waals surface area contributed by atoms with Crippen molar-refractivity contribution in [3.63, 3.8) is 0 Å². The molecule has 2 rings (SSSR count). The lowest BCUT2D eigenvalue weighted by Crippen LogP contribution is -2.28. The highest BCUT2D eigenvalue weighted by Gasteiger charge is 2.11. The van der Waals surface area contributed by atoms with Crippen LogP contribution in [0.15, 0.2) is 42.5 Å². The van der Waals surface area contributed by atoms with Crippen molar-refractivity contribution in [1.82, 2.24) is 5.32 Å². The summed E-state index contributed by atoms with van der Waals surface area (Å²) in [6, 6.07) is 12.6. The summed E-state index contributed by atoms with van der Waals surface area (Å²) in [6.45, 7) is 4.24. The van der Waals surface area contributed by atoms with Gasteiger partial charge in [-0.05, 0) is 47.7 Å². The Kier molecular flexibility index (Phi) is 7.87. The molecule has 0 aliphatic heterocycles. The standard InChI is InChI=1S/C22H27NO5/c1-15(2)11-16-5-8-18(9-6-16)22(25)28-14-21(24)23-13-17-7-10-19(26-3)20(12-17)27-4/h5-10,12,15H,11,13-14H2,1-4H3,(H,23,24). The molecule has 0 aliphatic carbocycles. The summed E-state index contributed by atoms with van der Waals surface area (Å²) in [7, 11) is 3.11. The largest absolute Gasteiger partial charge is 0.493 e. The minimum Gasteiger partial charge on any atom is -0.493 e. The predicted octanol–water partition coefficient (Wildman–Crippen LogP) is 3.38. The van der Waals surface area contributed by atoms with Crippen molar-refractivity contribution in [1.29, 1.82) is 0 Å². The van der Waals surface area contributed by atoms with E-state index in [1.54, 1.807) is 38.5 Å². The molecule has 0 aromatic heterocycles. The van der Waals surface area contributed by atoms with E-state index in [1.165, 1.54) is 5.56 Å². The van der Waals surface area contributed by atoms with Crippen molar-refractivity contribution in [2.75, 3.05) is 20.8 Å². The summed E-state index contributed by atoms with van der Waals surface area (Å²) in [6.07, 6.45) is 0.952. The lowest BCUT2D eigenvalue weighted by atomic mass is 10.0. The SMILES string of the molecule is COc1ccc(CNC(=O)COC(=O)c2ccc(CC(C)C)cc2)cc1OC. The number of rotatable bonds is 9. The van der Waals surface area contributed by atoms with E-state index in [0.29, 0.717) is 29.5 Å². The second kappa shape index (κ2) is 10.3. The molecule has 0 saturated heterocycles. The summed E-state index contributed by atoms with van der Waals surface area (Å²) in [5.74, 6) is 0.858. The van der Waals surface area contributed by atoms with Gasteiger partial charge in [0.1, 0.15) is 0 Å². The predicted molar refractivity (Wildman–Crippen MR) is 107 cm³/mol. The van der Waals surface area contributed by atoms with E-state index < -0.39 is 5.97 Å². The fourth-order valence-electron chi connectivity index (χ4n) is 2.71. The first-order valence-corrected chi connectivity index (χ1v) is 9.16. The van der Waals surface area contributed by atoms with Crippen LogP contribution in [0.3, 0.4) is 0 Å². The number of hydrogen-bond donors (Lipinski definition) is 1. The highest BCUT2D eigenvalue weighted by atomic mass is 16.5. The molecule has 0 heterocycles. The van der Waals surface area contributed by atoms with Gasteiger partial charge in [0.25, 0.3) is 5.91 Å². The number of hydrogen-bond acceptors (Lipinski definition) is 5. The summed E-state index contributed by atoms with van der Waals surface area (Å²) in [5, 5.41) is 2.71. The zero-order valence-electron chi connectivity index (χ0n) is 16.8. The van der Waals surface area contributed by atoms with Gasteiger partial charge in [-0.2, -0.15) is 0 Å². The van der Waals surface area contributed by atoms with E-state index in [-0.39, 0.29) is 12.5 Å². The van der Waals surface area contributed by atoms with E-state index >= 15 is 0 Å². The van der Waals surface area contributed by atoms with Crippen LogP contribution in [-0.4, -0.2) is 32.7 Å². The second-order valence-corrected chi connectivity index (χ2v) is 6.84. The lowest BCUT2D eigenvalue weighted by molar-refractivity contribution is -0.124. The average Bonchev–Trinajstić information content (AvgIpc) is 2.70. The number of nitrogens with one attached hydrogen (secondary N) is 1. The van der Waals surface area contributed by atoms with E-state index in [1.807, 2.05) is 18.2 Å². The summed E-state index contributed by atoms with van der Waals surface area (Å²) >= 11 is 0. The van der Waals surface area contributed by atoms with Gasteiger partial charge in [0, 0.05) is 6.54 Å². The minimum absolute atomic E-state index is 0.292. The molecular weight excluding hydrogens is 358 g/mol. The van der Waals surface area contributed by atoms with E-state index in [4.69, 9.17) is 14.2 Å². The molecule has 0 spiro atoms. The fourth-order valence-corrected chi connectivity index (χ4v) is 2.71. The van der Waals surface area contributed by atoms with Crippen molar-refractivity contribution in [3.8, 4) is 11.5 Å². The quantitative estimate of drug-likeness (QED) is 0.670. The Labute approximate surface area is 165 Å². The van der Waals surface area contributed by atoms with Crippen LogP contribution in [-0.2, 0) is 22.5 Å². The summed E-state index contributed by atoms with van der Waals surface area (Å²) in [4.78, 5) is 24.0. The third-order valence-corrected chi connectivity index (χ3v) is 4.11. The number of methoxy groups -OCH3 is 2. The van der Waals surface area contributed by atoms with E-state index in [9.17, 15) is 9.59 Å². The van der Waals surface area contributed by atoms with E-state index in [0.717, 1.165) is 12.0 Å². The van der Waals surface area contributed by atoms with Crippen LogP contribution in [0.25, 0.3) is 0 Å². The second-order valence-electron chi connectivity index (χ2n) is 6.84. The first-order valence-electron chi connectivity index (χ1n) is 9.16. The number of amides is 1. The van der Waals surface area contributed by atoms with Crippen LogP contribution in [0.5, 0.6) is 11.5 Å². The molecule has 0 bridgehead atoms. The molecule has 0 saturated carbocycles. The zero-order chi connectivity index (χ0) is 20.5. The van der Waals surface area contributed by atoms with Gasteiger partial charge in [-0.15, -0.1) is 0 Å². The molecule has 150 valence electrons. The summed E-state index contributed by atoms with van der Waals surface area (Å²) in [5.41, 5.74) is 2.44. The van der Waals surface area contributed by atoms with E-state index in [2.05, 4.69) is 19.2 Å². The number of carbonyl (C=O) groups excluding carboxylic acids is 2. The zero-order valence-corrected chi connectivity index (χ0v) is 16.8. The highest BCUT2D eigenvalue weighted by Crippen LogP contribution is 2.27. The van der Waals surface area contributed by atoms with Crippen molar-refractivity contribution < 1.29 is 23.8 Å². The Hall–Kier alpha value is -3.02. The van der Waals surface area contributed by atoms with Gasteiger partial charge in [-0.3, -0.25) is 4.79 Å². The first kappa shape index (κ1) is 21.3. The normalized spacial score (nSPS) is 10.5. The minimum atomic E-state index is -0.516. The van der Waals surface area contributed by atoms with Gasteiger partial charge < -0.3 is 19.5 Å². The number of ether oxygens (including phenoxy) is 3. The first-order chi connectivity index (χ1) is 13.4.